The van der Waals surface area contributed by atoms with Crippen LogP contribution < -0.4 is 10.6 Å². The largest absolute Gasteiger partial charge is 0.316 e. The third-order valence-electron chi connectivity index (χ3n) is 9.59. The molecular formula is C31H62N4. The van der Waals surface area contributed by atoms with Gasteiger partial charge >= 0.3 is 0 Å². The van der Waals surface area contributed by atoms with Crippen LogP contribution in [0.25, 0.3) is 0 Å². The van der Waals surface area contributed by atoms with Crippen LogP contribution in [0.3, 0.4) is 0 Å². The Hall–Kier alpha value is -0.160. The molecule has 4 heteroatoms. The monoisotopic (exact) mass is 490 g/mol. The Bertz CT molecular complexity index is 654. The quantitative estimate of drug-likeness (QED) is 0.526. The normalized spacial score (nSPS) is 36.9. The standard InChI is InChI=1S/C31H62N4/c1-29(2,3)26-12-14-32-18-22(26)16-24-20-35(11)21-25(28(24)30(4,5)6)17-23-19-34(10)15-13-27(23)33-31(7,8)9/h22-28,32-33H,12-21H2,1-11H3. The molecule has 2 N–H and O–H groups in total. The van der Waals surface area contributed by atoms with Crippen molar-refractivity contribution in [3.8, 4) is 0 Å². The molecule has 3 rings (SSSR count). The van der Waals surface area contributed by atoms with Crippen LogP contribution in [0.1, 0.15) is 88.0 Å². The molecule has 206 valence electrons. The van der Waals surface area contributed by atoms with E-state index in [-0.39, 0.29) is 5.54 Å². The lowest BCUT2D eigenvalue weighted by Crippen LogP contribution is -2.56. The highest BCUT2D eigenvalue weighted by Gasteiger charge is 2.46. The van der Waals surface area contributed by atoms with Gasteiger partial charge in [0.05, 0.1) is 0 Å². The van der Waals surface area contributed by atoms with Gasteiger partial charge in [-0.1, -0.05) is 41.5 Å². The Morgan fingerprint density at radius 2 is 1.29 bits per heavy atom. The van der Waals surface area contributed by atoms with E-state index < -0.39 is 0 Å². The fourth-order valence-electron chi connectivity index (χ4n) is 8.63. The molecule has 0 aromatic rings. The SMILES string of the molecule is CN1CCC(NC(C)(C)C)C(CC2CN(C)CC(CC3CNCCC3C(C)(C)C)C2C(C)(C)C)C1. The van der Waals surface area contributed by atoms with Crippen molar-refractivity contribution in [2.24, 2.45) is 46.3 Å². The third kappa shape index (κ3) is 8.16. The third-order valence-corrected chi connectivity index (χ3v) is 9.59. The zero-order valence-corrected chi connectivity index (χ0v) is 25.5. The molecule has 3 saturated heterocycles. The van der Waals surface area contributed by atoms with E-state index in [1.54, 1.807) is 0 Å². The van der Waals surface area contributed by atoms with Gasteiger partial charge in [0.15, 0.2) is 0 Å². The lowest BCUT2D eigenvalue weighted by Gasteiger charge is -2.53. The van der Waals surface area contributed by atoms with Crippen LogP contribution in [-0.4, -0.2) is 74.7 Å². The van der Waals surface area contributed by atoms with Crippen LogP contribution in [-0.2, 0) is 0 Å². The topological polar surface area (TPSA) is 30.5 Å². The summed E-state index contributed by atoms with van der Waals surface area (Å²) in [6.07, 6.45) is 5.39. The van der Waals surface area contributed by atoms with Gasteiger partial charge in [0.25, 0.3) is 0 Å². The second-order valence-corrected chi connectivity index (χ2v) is 16.1. The maximum Gasteiger partial charge on any atom is 0.0125 e. The number of hydrogen-bond donors (Lipinski definition) is 2. The first kappa shape index (κ1) is 29.4. The number of nitrogens with one attached hydrogen (secondary N) is 2. The molecule has 0 radical (unpaired) electrons. The predicted octanol–water partition coefficient (Wildman–Crippen LogP) is 5.59. The zero-order chi connectivity index (χ0) is 26.2. The zero-order valence-electron chi connectivity index (χ0n) is 25.5. The van der Waals surface area contributed by atoms with E-state index in [9.17, 15) is 0 Å². The molecule has 0 aromatic heterocycles. The fraction of sp³-hybridized carbons (Fsp3) is 1.00. The summed E-state index contributed by atoms with van der Waals surface area (Å²) in [5.41, 5.74) is 0.941. The Labute approximate surface area is 219 Å². The second-order valence-electron chi connectivity index (χ2n) is 16.1. The molecule has 3 fully saturated rings. The Morgan fingerprint density at radius 3 is 1.83 bits per heavy atom. The van der Waals surface area contributed by atoms with Gasteiger partial charge in [-0.25, -0.2) is 0 Å². The van der Waals surface area contributed by atoms with Crippen LogP contribution in [0, 0.1) is 46.3 Å². The van der Waals surface area contributed by atoms with Gasteiger partial charge < -0.3 is 20.4 Å². The Morgan fingerprint density at radius 1 is 0.714 bits per heavy atom. The maximum atomic E-state index is 4.03. The van der Waals surface area contributed by atoms with Gasteiger partial charge in [-0.05, 0) is 127 Å². The molecule has 35 heavy (non-hydrogen) atoms. The number of nitrogens with zero attached hydrogens (tertiary/aromatic N) is 2. The van der Waals surface area contributed by atoms with E-state index in [0.29, 0.717) is 16.9 Å². The molecule has 3 aliphatic heterocycles. The molecule has 0 amide bonds. The molecule has 0 aromatic carbocycles. The smallest absolute Gasteiger partial charge is 0.0125 e. The summed E-state index contributed by atoms with van der Waals surface area (Å²) < 4.78 is 0. The minimum atomic E-state index is 0.185. The number of likely N-dealkylation sites (tertiary alicyclic amines) is 2. The van der Waals surface area contributed by atoms with Crippen molar-refractivity contribution in [1.82, 2.24) is 20.4 Å². The van der Waals surface area contributed by atoms with Crippen molar-refractivity contribution in [3.63, 3.8) is 0 Å². The molecule has 0 saturated carbocycles. The summed E-state index contributed by atoms with van der Waals surface area (Å²) in [5, 5.41) is 7.81. The van der Waals surface area contributed by atoms with Gasteiger partial charge in [0.2, 0.25) is 0 Å². The van der Waals surface area contributed by atoms with Crippen molar-refractivity contribution in [3.05, 3.63) is 0 Å². The molecule has 7 unspecified atom stereocenters. The van der Waals surface area contributed by atoms with Crippen molar-refractivity contribution >= 4 is 0 Å². The van der Waals surface area contributed by atoms with Crippen LogP contribution in [0.4, 0.5) is 0 Å². The first-order valence-electron chi connectivity index (χ1n) is 14.9. The minimum Gasteiger partial charge on any atom is -0.316 e. The number of rotatable bonds is 5. The van der Waals surface area contributed by atoms with Crippen molar-refractivity contribution in [1.29, 1.82) is 0 Å². The van der Waals surface area contributed by atoms with E-state index in [1.807, 2.05) is 0 Å². The van der Waals surface area contributed by atoms with E-state index in [2.05, 4.69) is 96.8 Å². The van der Waals surface area contributed by atoms with Crippen molar-refractivity contribution in [2.75, 3.05) is 53.4 Å². The summed E-state index contributed by atoms with van der Waals surface area (Å²) in [6, 6.07) is 0.644. The molecule has 0 spiro atoms. The highest BCUT2D eigenvalue weighted by molar-refractivity contribution is 4.98. The van der Waals surface area contributed by atoms with Gasteiger partial charge in [-0.15, -0.1) is 0 Å². The van der Waals surface area contributed by atoms with E-state index >= 15 is 0 Å². The van der Waals surface area contributed by atoms with E-state index in [0.717, 1.165) is 35.5 Å². The Kier molecular flexibility index (Phi) is 9.49. The second kappa shape index (κ2) is 11.3. The van der Waals surface area contributed by atoms with Crippen molar-refractivity contribution < 1.29 is 0 Å². The maximum absolute atomic E-state index is 4.03. The average molecular weight is 491 g/mol. The fourth-order valence-corrected chi connectivity index (χ4v) is 8.63. The van der Waals surface area contributed by atoms with Gasteiger partial charge in [-0.3, -0.25) is 0 Å². The molecule has 0 bridgehead atoms. The molecule has 3 heterocycles. The highest BCUT2D eigenvalue weighted by Crippen LogP contribution is 2.48. The highest BCUT2D eigenvalue weighted by atomic mass is 15.1. The van der Waals surface area contributed by atoms with Gasteiger partial charge in [-0.2, -0.15) is 0 Å². The first-order valence-corrected chi connectivity index (χ1v) is 14.9. The lowest BCUT2D eigenvalue weighted by molar-refractivity contribution is -0.0312. The van der Waals surface area contributed by atoms with Gasteiger partial charge in [0.1, 0.15) is 0 Å². The predicted molar refractivity (Wildman–Crippen MR) is 153 cm³/mol. The summed E-state index contributed by atoms with van der Waals surface area (Å²) in [5.74, 6) is 4.76. The number of hydrogen-bond acceptors (Lipinski definition) is 4. The molecule has 3 aliphatic rings. The minimum absolute atomic E-state index is 0.185. The molecular weight excluding hydrogens is 428 g/mol. The van der Waals surface area contributed by atoms with E-state index in [1.165, 1.54) is 65.0 Å². The van der Waals surface area contributed by atoms with E-state index in [4.69, 9.17) is 0 Å². The summed E-state index contributed by atoms with van der Waals surface area (Å²) in [6.45, 7) is 29.5. The summed E-state index contributed by atoms with van der Waals surface area (Å²) >= 11 is 0. The molecule has 4 nitrogen and oxygen atoms in total. The van der Waals surface area contributed by atoms with Crippen LogP contribution in [0.5, 0.6) is 0 Å². The van der Waals surface area contributed by atoms with Gasteiger partial charge in [0, 0.05) is 31.2 Å². The first-order chi connectivity index (χ1) is 16.0. The molecule has 7 atom stereocenters. The lowest BCUT2D eigenvalue weighted by atomic mass is 9.58. The summed E-state index contributed by atoms with van der Waals surface area (Å²) in [7, 11) is 4.73. The van der Waals surface area contributed by atoms with Crippen LogP contribution >= 0.6 is 0 Å². The van der Waals surface area contributed by atoms with Crippen LogP contribution in [0.15, 0.2) is 0 Å². The number of piperidine rings is 3. The average Bonchev–Trinajstić information content (AvgIpc) is 2.67. The summed E-state index contributed by atoms with van der Waals surface area (Å²) in [4.78, 5) is 5.28. The van der Waals surface area contributed by atoms with Crippen molar-refractivity contribution in [2.45, 2.75) is 99.6 Å². The Balaban J connectivity index is 1.82. The van der Waals surface area contributed by atoms with Crippen LogP contribution in [0.2, 0.25) is 0 Å². The molecule has 0 aliphatic carbocycles.